The van der Waals surface area contributed by atoms with Crippen LogP contribution in [0.15, 0.2) is 65.3 Å². The minimum Gasteiger partial charge on any atom is -0.415 e. The highest BCUT2D eigenvalue weighted by molar-refractivity contribution is 6.11. The number of nitrogens with zero attached hydrogens (tertiary/aromatic N) is 5. The van der Waals surface area contributed by atoms with Crippen LogP contribution in [-0.2, 0) is 6.54 Å². The average molecular weight is 393 g/mol. The maximum Gasteiger partial charge on any atom is 0.314 e. The van der Waals surface area contributed by atoms with Gasteiger partial charge in [0.1, 0.15) is 0 Å². The van der Waals surface area contributed by atoms with Crippen LogP contribution in [0.1, 0.15) is 28.2 Å². The molecule has 0 bridgehead atoms. The molecule has 2 aromatic carbocycles. The molecule has 0 unspecified atom stereocenters. The van der Waals surface area contributed by atoms with Gasteiger partial charge in [-0.15, -0.1) is 10.2 Å². The molecular formula is C20H13F2N5O2. The van der Waals surface area contributed by atoms with Crippen LogP contribution >= 0.6 is 0 Å². The Balaban J connectivity index is 1.51. The van der Waals surface area contributed by atoms with Crippen molar-refractivity contribution in [2.45, 2.75) is 13.0 Å². The Morgan fingerprint density at radius 3 is 2.59 bits per heavy atom. The Bertz CT molecular complexity index is 1200. The van der Waals surface area contributed by atoms with Crippen LogP contribution in [0.2, 0.25) is 0 Å². The number of alkyl halides is 2. The van der Waals surface area contributed by atoms with Gasteiger partial charge in [0.2, 0.25) is 5.89 Å². The summed E-state index contributed by atoms with van der Waals surface area (Å²) in [5.74, 6) is -0.997. The van der Waals surface area contributed by atoms with E-state index < -0.39 is 12.3 Å². The topological polar surface area (TPSA) is 77.0 Å². The molecule has 1 amide bonds. The lowest BCUT2D eigenvalue weighted by molar-refractivity contribution is 0.0996. The summed E-state index contributed by atoms with van der Waals surface area (Å²) >= 11 is 0. The predicted octanol–water partition coefficient (Wildman–Crippen LogP) is 4.02. The van der Waals surface area contributed by atoms with Crippen LogP contribution in [0.4, 0.5) is 14.5 Å². The number of carbonyl (C=O) groups excluding carboxylic acids is 1. The van der Waals surface area contributed by atoms with Gasteiger partial charge in [-0.3, -0.25) is 4.79 Å². The second-order valence-electron chi connectivity index (χ2n) is 6.45. The van der Waals surface area contributed by atoms with Crippen LogP contribution in [-0.4, -0.2) is 25.9 Å². The zero-order chi connectivity index (χ0) is 20.0. The summed E-state index contributed by atoms with van der Waals surface area (Å²) in [6.45, 7) is 0.388. The standard InChI is InChI=1S/C20H13F2N5O2/c21-17(22)19-25-24-18(29-19)12-6-7-13-11-26(20(28)14(13)10-12)15-4-1-2-5-16(15)27-9-3-8-23-27/h1-10,17H,11H2. The lowest BCUT2D eigenvalue weighted by Gasteiger charge is -2.19. The fourth-order valence-electron chi connectivity index (χ4n) is 3.37. The van der Waals surface area contributed by atoms with E-state index in [-0.39, 0.29) is 11.8 Å². The van der Waals surface area contributed by atoms with Gasteiger partial charge in [0, 0.05) is 23.5 Å². The van der Waals surface area contributed by atoms with Crippen LogP contribution < -0.4 is 4.90 Å². The molecule has 0 radical (unpaired) electrons. The number of fused-ring (bicyclic) bond motifs is 1. The third-order valence-electron chi connectivity index (χ3n) is 4.71. The molecule has 3 heterocycles. The highest BCUT2D eigenvalue weighted by Gasteiger charge is 2.31. The fourth-order valence-corrected chi connectivity index (χ4v) is 3.37. The first-order chi connectivity index (χ1) is 14.1. The SMILES string of the molecule is O=C1c2cc(-c3nnc(C(F)F)o3)ccc2CN1c1ccccc1-n1cccn1. The minimum absolute atomic E-state index is 0.0497. The van der Waals surface area contributed by atoms with Crippen LogP contribution in [0, 0.1) is 0 Å². The van der Waals surface area contributed by atoms with Gasteiger partial charge >= 0.3 is 6.43 Å². The molecule has 144 valence electrons. The minimum atomic E-state index is -2.85. The summed E-state index contributed by atoms with van der Waals surface area (Å²) in [7, 11) is 0. The van der Waals surface area contributed by atoms with E-state index in [2.05, 4.69) is 15.3 Å². The molecule has 0 fully saturated rings. The van der Waals surface area contributed by atoms with E-state index in [9.17, 15) is 13.6 Å². The molecule has 9 heteroatoms. The predicted molar refractivity (Wildman–Crippen MR) is 98.8 cm³/mol. The Hall–Kier alpha value is -3.88. The third kappa shape index (κ3) is 2.87. The van der Waals surface area contributed by atoms with E-state index in [0.29, 0.717) is 17.7 Å². The number of hydrogen-bond donors (Lipinski definition) is 0. The molecular weight excluding hydrogens is 380 g/mol. The molecule has 29 heavy (non-hydrogen) atoms. The number of halogens is 2. The van der Waals surface area contributed by atoms with Crippen molar-refractivity contribution in [3.05, 3.63) is 77.9 Å². The van der Waals surface area contributed by atoms with Crippen molar-refractivity contribution in [3.8, 4) is 17.1 Å². The molecule has 1 aliphatic heterocycles. The van der Waals surface area contributed by atoms with Crippen molar-refractivity contribution in [3.63, 3.8) is 0 Å². The van der Waals surface area contributed by atoms with Crippen LogP contribution in [0.5, 0.6) is 0 Å². The first-order valence-corrected chi connectivity index (χ1v) is 8.77. The zero-order valence-electron chi connectivity index (χ0n) is 14.9. The summed E-state index contributed by atoms with van der Waals surface area (Å²) in [5, 5.41) is 11.2. The van der Waals surface area contributed by atoms with Gasteiger partial charge < -0.3 is 9.32 Å². The highest BCUT2D eigenvalue weighted by atomic mass is 19.3. The molecule has 0 N–H and O–H groups in total. The molecule has 0 saturated carbocycles. The van der Waals surface area contributed by atoms with E-state index >= 15 is 0 Å². The molecule has 0 saturated heterocycles. The Labute approximate surface area is 163 Å². The smallest absolute Gasteiger partial charge is 0.314 e. The first-order valence-electron chi connectivity index (χ1n) is 8.77. The molecule has 0 spiro atoms. The summed E-state index contributed by atoms with van der Waals surface area (Å²) < 4.78 is 32.1. The maximum atomic E-state index is 13.1. The Morgan fingerprint density at radius 2 is 1.86 bits per heavy atom. The molecule has 4 aromatic rings. The van der Waals surface area contributed by atoms with Crippen LogP contribution in [0.25, 0.3) is 17.1 Å². The van der Waals surface area contributed by atoms with Crippen molar-refractivity contribution in [1.29, 1.82) is 0 Å². The summed E-state index contributed by atoms with van der Waals surface area (Å²) in [6.07, 6.45) is 0.629. The van der Waals surface area contributed by atoms with Crippen molar-refractivity contribution in [1.82, 2.24) is 20.0 Å². The second kappa shape index (κ2) is 6.62. The normalized spacial score (nSPS) is 13.3. The molecule has 7 nitrogen and oxygen atoms in total. The number of anilines is 1. The number of carbonyl (C=O) groups is 1. The monoisotopic (exact) mass is 393 g/mol. The quantitative estimate of drug-likeness (QED) is 0.523. The van der Waals surface area contributed by atoms with Crippen molar-refractivity contribution in [2.24, 2.45) is 0 Å². The average Bonchev–Trinajstić information content (AvgIpc) is 3.48. The van der Waals surface area contributed by atoms with Gasteiger partial charge in [0.05, 0.1) is 17.9 Å². The van der Waals surface area contributed by atoms with Crippen molar-refractivity contribution < 1.29 is 18.0 Å². The van der Waals surface area contributed by atoms with E-state index in [1.807, 2.05) is 30.3 Å². The molecule has 2 aromatic heterocycles. The maximum absolute atomic E-state index is 13.1. The third-order valence-corrected chi connectivity index (χ3v) is 4.71. The van der Waals surface area contributed by atoms with Gasteiger partial charge in [-0.25, -0.2) is 4.68 Å². The number of hydrogen-bond acceptors (Lipinski definition) is 5. The fraction of sp³-hybridized carbons (Fsp3) is 0.100. The van der Waals surface area contributed by atoms with Gasteiger partial charge in [-0.1, -0.05) is 18.2 Å². The van der Waals surface area contributed by atoms with E-state index in [1.54, 1.807) is 40.2 Å². The molecule has 5 rings (SSSR count). The van der Waals surface area contributed by atoms with E-state index in [4.69, 9.17) is 4.42 Å². The van der Waals surface area contributed by atoms with Crippen molar-refractivity contribution >= 4 is 11.6 Å². The zero-order valence-corrected chi connectivity index (χ0v) is 14.9. The van der Waals surface area contributed by atoms with Gasteiger partial charge in [0.15, 0.2) is 0 Å². The number of para-hydroxylation sites is 2. The number of benzene rings is 2. The Morgan fingerprint density at radius 1 is 1.03 bits per heavy atom. The molecule has 1 aliphatic rings. The lowest BCUT2D eigenvalue weighted by Crippen LogP contribution is -2.24. The number of amides is 1. The second-order valence-corrected chi connectivity index (χ2v) is 6.45. The largest absolute Gasteiger partial charge is 0.415 e. The summed E-state index contributed by atoms with van der Waals surface area (Å²) in [6, 6.07) is 14.3. The summed E-state index contributed by atoms with van der Waals surface area (Å²) in [4.78, 5) is 14.8. The van der Waals surface area contributed by atoms with Gasteiger partial charge in [-0.2, -0.15) is 13.9 Å². The molecule has 0 atom stereocenters. The van der Waals surface area contributed by atoms with E-state index in [0.717, 1.165) is 16.9 Å². The number of rotatable bonds is 4. The first kappa shape index (κ1) is 17.2. The number of aromatic nitrogens is 4. The Kier molecular flexibility index (Phi) is 3.94. The van der Waals surface area contributed by atoms with E-state index in [1.165, 1.54) is 0 Å². The lowest BCUT2D eigenvalue weighted by atomic mass is 10.1. The van der Waals surface area contributed by atoms with Gasteiger partial charge in [-0.05, 0) is 35.9 Å². The summed E-state index contributed by atoms with van der Waals surface area (Å²) in [5.41, 5.74) is 3.20. The molecule has 0 aliphatic carbocycles. The van der Waals surface area contributed by atoms with Crippen molar-refractivity contribution in [2.75, 3.05) is 4.90 Å². The highest BCUT2D eigenvalue weighted by Crippen LogP contribution is 2.34. The van der Waals surface area contributed by atoms with Crippen LogP contribution in [0.3, 0.4) is 0 Å². The van der Waals surface area contributed by atoms with Gasteiger partial charge in [0.25, 0.3) is 11.8 Å².